The maximum Gasteiger partial charge on any atom is 0.418 e. The number of alkyl halides is 6. The predicted octanol–water partition coefficient (Wildman–Crippen LogP) is 5.35. The first-order chi connectivity index (χ1) is 14.8. The van der Waals surface area contributed by atoms with Crippen LogP contribution < -0.4 is 11.5 Å². The van der Waals surface area contributed by atoms with Crippen molar-refractivity contribution in [2.24, 2.45) is 0 Å². The molecule has 0 amide bonds. The molecule has 0 saturated carbocycles. The van der Waals surface area contributed by atoms with Gasteiger partial charge in [-0.15, -0.1) is 0 Å². The number of carbonyl (C=O) groups excluding carboxylic acids is 2. The van der Waals surface area contributed by atoms with Crippen LogP contribution >= 0.6 is 0 Å². The van der Waals surface area contributed by atoms with Crippen LogP contribution in [0.5, 0.6) is 0 Å². The molecule has 3 rings (SSSR count). The third-order valence-electron chi connectivity index (χ3n) is 4.63. The summed E-state index contributed by atoms with van der Waals surface area (Å²) in [5.74, 6) is -1.38. The number of ketones is 2. The molecule has 3 aromatic rings. The fourth-order valence-corrected chi connectivity index (χ4v) is 3.06. The van der Waals surface area contributed by atoms with E-state index in [0.29, 0.717) is 12.1 Å². The quantitative estimate of drug-likeness (QED) is 0.317. The van der Waals surface area contributed by atoms with Gasteiger partial charge in [0.25, 0.3) is 0 Å². The second-order valence-corrected chi connectivity index (χ2v) is 6.84. The van der Waals surface area contributed by atoms with E-state index in [1.54, 1.807) is 0 Å². The molecule has 0 aliphatic heterocycles. The highest BCUT2D eigenvalue weighted by Gasteiger charge is 2.34. The molecule has 0 atom stereocenters. The van der Waals surface area contributed by atoms with Gasteiger partial charge >= 0.3 is 12.4 Å². The van der Waals surface area contributed by atoms with Crippen molar-refractivity contribution in [2.45, 2.75) is 12.4 Å². The highest BCUT2D eigenvalue weighted by atomic mass is 19.4. The second-order valence-electron chi connectivity index (χ2n) is 6.84. The number of nitrogen functional groups attached to an aromatic ring is 2. The van der Waals surface area contributed by atoms with E-state index in [1.807, 2.05) is 0 Å². The van der Waals surface area contributed by atoms with E-state index < -0.39 is 46.4 Å². The van der Waals surface area contributed by atoms with Gasteiger partial charge in [0.1, 0.15) is 0 Å². The average Bonchev–Trinajstić information content (AvgIpc) is 2.70. The molecule has 0 bridgehead atoms. The van der Waals surface area contributed by atoms with Crippen molar-refractivity contribution in [2.75, 3.05) is 11.5 Å². The van der Waals surface area contributed by atoms with Gasteiger partial charge in [-0.2, -0.15) is 26.3 Å². The lowest BCUT2D eigenvalue weighted by atomic mass is 9.96. The maximum atomic E-state index is 12.9. The number of anilines is 2. The molecule has 0 unspecified atom stereocenters. The Kier molecular flexibility index (Phi) is 5.73. The highest BCUT2D eigenvalue weighted by molar-refractivity contribution is 6.13. The molecule has 4 N–H and O–H groups in total. The third-order valence-corrected chi connectivity index (χ3v) is 4.63. The molecule has 0 radical (unpaired) electrons. The van der Waals surface area contributed by atoms with Crippen LogP contribution in [-0.2, 0) is 12.4 Å². The molecule has 0 heterocycles. The number of halogens is 6. The Morgan fingerprint density at radius 2 is 0.906 bits per heavy atom. The van der Waals surface area contributed by atoms with Crippen molar-refractivity contribution in [1.29, 1.82) is 0 Å². The minimum atomic E-state index is -4.68. The molecule has 4 nitrogen and oxygen atoms in total. The van der Waals surface area contributed by atoms with E-state index in [4.69, 9.17) is 11.5 Å². The highest BCUT2D eigenvalue weighted by Crippen LogP contribution is 2.35. The van der Waals surface area contributed by atoms with Gasteiger partial charge < -0.3 is 11.5 Å². The zero-order valence-corrected chi connectivity index (χ0v) is 16.0. The molecule has 0 spiro atoms. The maximum absolute atomic E-state index is 12.9. The Hall–Kier alpha value is -3.82. The second kappa shape index (κ2) is 8.03. The number of benzene rings is 3. The largest absolute Gasteiger partial charge is 0.418 e. The molecule has 0 aliphatic carbocycles. The Bertz CT molecular complexity index is 1130. The first-order valence-corrected chi connectivity index (χ1v) is 8.92. The number of nitrogens with two attached hydrogens (primary N) is 2. The molecule has 0 fully saturated rings. The summed E-state index contributed by atoms with van der Waals surface area (Å²) in [6.45, 7) is 0. The molecular formula is C22H14F6N2O2. The van der Waals surface area contributed by atoms with Crippen molar-refractivity contribution < 1.29 is 35.9 Å². The summed E-state index contributed by atoms with van der Waals surface area (Å²) in [5, 5.41) is 0. The summed E-state index contributed by atoms with van der Waals surface area (Å²) in [6.07, 6.45) is -9.36. The summed E-state index contributed by atoms with van der Waals surface area (Å²) in [4.78, 5) is 25.4. The molecule has 0 saturated heterocycles. The van der Waals surface area contributed by atoms with Crippen LogP contribution in [-0.4, -0.2) is 11.6 Å². The zero-order valence-electron chi connectivity index (χ0n) is 16.0. The summed E-state index contributed by atoms with van der Waals surface area (Å²) in [7, 11) is 0. The Labute approximate surface area is 177 Å². The van der Waals surface area contributed by atoms with Gasteiger partial charge in [0.05, 0.1) is 11.1 Å². The number of hydrogen-bond donors (Lipinski definition) is 2. The van der Waals surface area contributed by atoms with Crippen LogP contribution in [0.2, 0.25) is 0 Å². The fourth-order valence-electron chi connectivity index (χ4n) is 3.06. The van der Waals surface area contributed by atoms with Gasteiger partial charge in [0, 0.05) is 33.6 Å². The normalized spacial score (nSPS) is 11.9. The fraction of sp³-hybridized carbons (Fsp3) is 0.0909. The SMILES string of the molecule is Nc1cc(C(=O)c2cccc(C(=O)c3ccc(C(F)(F)F)c(N)c3)c2)ccc1C(F)(F)F. The van der Waals surface area contributed by atoms with E-state index in [0.717, 1.165) is 24.3 Å². The van der Waals surface area contributed by atoms with Crippen LogP contribution in [0.3, 0.4) is 0 Å². The minimum absolute atomic E-state index is 0.0186. The average molecular weight is 452 g/mol. The molecular weight excluding hydrogens is 438 g/mol. The standard InChI is InChI=1S/C22H14F6N2O2/c23-21(24,25)15-6-4-13(9-17(15)29)19(31)11-2-1-3-12(8-11)20(32)14-5-7-16(18(30)10-14)22(26,27)28/h1-10H,29-30H2. The lowest BCUT2D eigenvalue weighted by molar-refractivity contribution is -0.137. The van der Waals surface area contributed by atoms with Gasteiger partial charge in [-0.25, -0.2) is 0 Å². The Balaban J connectivity index is 1.92. The van der Waals surface area contributed by atoms with Crippen LogP contribution in [0.1, 0.15) is 43.0 Å². The van der Waals surface area contributed by atoms with Crippen molar-refractivity contribution in [1.82, 2.24) is 0 Å². The monoisotopic (exact) mass is 452 g/mol. The first-order valence-electron chi connectivity index (χ1n) is 8.92. The molecule has 10 heteroatoms. The van der Waals surface area contributed by atoms with Crippen molar-refractivity contribution in [3.05, 3.63) is 94.0 Å². The molecule has 0 aliphatic rings. The number of carbonyl (C=O) groups is 2. The van der Waals surface area contributed by atoms with Gasteiger partial charge in [0.2, 0.25) is 0 Å². The molecule has 3 aromatic carbocycles. The smallest absolute Gasteiger partial charge is 0.398 e. The molecule has 0 aromatic heterocycles. The number of hydrogen-bond acceptors (Lipinski definition) is 4. The number of rotatable bonds is 4. The van der Waals surface area contributed by atoms with E-state index >= 15 is 0 Å². The van der Waals surface area contributed by atoms with Crippen LogP contribution in [0, 0.1) is 0 Å². The van der Waals surface area contributed by atoms with Crippen molar-refractivity contribution in [3.8, 4) is 0 Å². The topological polar surface area (TPSA) is 86.2 Å². The minimum Gasteiger partial charge on any atom is -0.398 e. The lowest BCUT2D eigenvalue weighted by Gasteiger charge is -2.12. The first kappa shape index (κ1) is 22.9. The van der Waals surface area contributed by atoms with Crippen molar-refractivity contribution >= 4 is 22.9 Å². The predicted molar refractivity (Wildman–Crippen MR) is 105 cm³/mol. The van der Waals surface area contributed by atoms with Crippen LogP contribution in [0.25, 0.3) is 0 Å². The van der Waals surface area contributed by atoms with E-state index in [1.165, 1.54) is 24.3 Å². The van der Waals surface area contributed by atoms with Gasteiger partial charge in [0.15, 0.2) is 11.6 Å². The Morgan fingerprint density at radius 3 is 1.22 bits per heavy atom. The third kappa shape index (κ3) is 4.58. The van der Waals surface area contributed by atoms with Crippen LogP contribution in [0.15, 0.2) is 60.7 Å². The summed E-state index contributed by atoms with van der Waals surface area (Å²) < 4.78 is 77.1. The zero-order chi connectivity index (χ0) is 23.8. The van der Waals surface area contributed by atoms with E-state index in [-0.39, 0.29) is 22.3 Å². The molecule has 32 heavy (non-hydrogen) atoms. The Morgan fingerprint density at radius 1 is 0.562 bits per heavy atom. The van der Waals surface area contributed by atoms with E-state index in [9.17, 15) is 35.9 Å². The summed E-state index contributed by atoms with van der Waals surface area (Å²) >= 11 is 0. The van der Waals surface area contributed by atoms with Gasteiger partial charge in [-0.3, -0.25) is 9.59 Å². The van der Waals surface area contributed by atoms with Gasteiger partial charge in [-0.1, -0.05) is 30.3 Å². The summed E-state index contributed by atoms with van der Waals surface area (Å²) in [6, 6.07) is 10.3. The molecule has 166 valence electrons. The lowest BCUT2D eigenvalue weighted by Crippen LogP contribution is -2.12. The van der Waals surface area contributed by atoms with E-state index in [2.05, 4.69) is 0 Å². The van der Waals surface area contributed by atoms with Gasteiger partial charge in [-0.05, 0) is 30.3 Å². The van der Waals surface area contributed by atoms with Crippen LogP contribution in [0.4, 0.5) is 37.7 Å². The summed E-state index contributed by atoms with van der Waals surface area (Å²) in [5.41, 5.74) is 7.11. The van der Waals surface area contributed by atoms with Crippen molar-refractivity contribution in [3.63, 3.8) is 0 Å².